The number of halogens is 1. The molecule has 0 aliphatic carbocycles. The number of rotatable bonds is 14. The molecule has 0 aliphatic rings. The van der Waals surface area contributed by atoms with Crippen LogP contribution in [0.2, 0.25) is 0 Å². The average molecular weight is 444 g/mol. The van der Waals surface area contributed by atoms with Crippen molar-refractivity contribution in [3.8, 4) is 0 Å². The number of hydrogen-bond donors (Lipinski definition) is 1. The smallest absolute Gasteiger partial charge is 0.307 e. The highest BCUT2D eigenvalue weighted by atomic mass is 19.1. The summed E-state index contributed by atoms with van der Waals surface area (Å²) in [5.74, 6) is 0.437. The Labute approximate surface area is 187 Å². The molecular formula is C25H30FNO5. The molecule has 172 valence electrons. The zero-order valence-corrected chi connectivity index (χ0v) is 18.4. The topological polar surface area (TPSA) is 69.9 Å². The number of esters is 1. The lowest BCUT2D eigenvalue weighted by Crippen LogP contribution is -2.20. The lowest BCUT2D eigenvalue weighted by Gasteiger charge is -2.07. The van der Waals surface area contributed by atoms with E-state index in [1.54, 1.807) is 0 Å². The molecular weight excluding hydrogens is 413 g/mol. The van der Waals surface area contributed by atoms with Gasteiger partial charge in [0.05, 0.1) is 40.0 Å². The van der Waals surface area contributed by atoms with Crippen molar-refractivity contribution in [1.29, 1.82) is 0 Å². The maximum Gasteiger partial charge on any atom is 0.307 e. The van der Waals surface area contributed by atoms with Gasteiger partial charge in [-0.3, -0.25) is 4.79 Å². The summed E-state index contributed by atoms with van der Waals surface area (Å²) in [6.45, 7) is 3.31. The molecule has 0 radical (unpaired) electrons. The van der Waals surface area contributed by atoms with Gasteiger partial charge in [0.25, 0.3) is 0 Å². The van der Waals surface area contributed by atoms with Crippen molar-refractivity contribution in [1.82, 2.24) is 5.32 Å². The van der Waals surface area contributed by atoms with E-state index < -0.39 is 0 Å². The lowest BCUT2D eigenvalue weighted by atomic mass is 10.1. The van der Waals surface area contributed by atoms with Gasteiger partial charge in [0.15, 0.2) is 0 Å². The normalized spacial score (nSPS) is 11.2. The first-order valence-electron chi connectivity index (χ1n) is 10.8. The van der Waals surface area contributed by atoms with Crippen molar-refractivity contribution >= 4 is 16.9 Å². The minimum atomic E-state index is -0.274. The first-order valence-corrected chi connectivity index (χ1v) is 10.8. The number of furan rings is 1. The number of fused-ring (bicyclic) bond motifs is 1. The zero-order chi connectivity index (χ0) is 22.6. The van der Waals surface area contributed by atoms with Crippen LogP contribution in [-0.2, 0) is 38.4 Å². The molecule has 0 fully saturated rings. The molecule has 2 aromatic carbocycles. The van der Waals surface area contributed by atoms with Crippen LogP contribution >= 0.6 is 0 Å². The summed E-state index contributed by atoms with van der Waals surface area (Å²) in [5.41, 5.74) is 3.11. The van der Waals surface area contributed by atoms with Crippen LogP contribution in [0.15, 0.2) is 52.9 Å². The Kier molecular flexibility index (Phi) is 9.68. The highest BCUT2D eigenvalue weighted by Crippen LogP contribution is 2.22. The van der Waals surface area contributed by atoms with Crippen LogP contribution in [0.4, 0.5) is 4.39 Å². The number of hydrogen-bond acceptors (Lipinski definition) is 6. The SMILES string of the molecule is COC(=O)CCOCCOCCNCc1ccc2cc(CCc3ccc(F)cc3)oc2c1. The molecule has 1 aromatic heterocycles. The van der Waals surface area contributed by atoms with Crippen LogP contribution < -0.4 is 5.32 Å². The number of nitrogens with one attached hydrogen (secondary N) is 1. The van der Waals surface area contributed by atoms with Crippen molar-refractivity contribution in [2.24, 2.45) is 0 Å². The maximum absolute atomic E-state index is 13.0. The number of ether oxygens (including phenoxy) is 3. The van der Waals surface area contributed by atoms with Crippen LogP contribution in [0.1, 0.15) is 23.3 Å². The number of aryl methyl sites for hydroxylation is 2. The molecule has 0 saturated carbocycles. The molecule has 0 saturated heterocycles. The molecule has 3 aromatic rings. The third kappa shape index (κ3) is 8.07. The summed E-state index contributed by atoms with van der Waals surface area (Å²) < 4.78 is 34.4. The van der Waals surface area contributed by atoms with E-state index in [2.05, 4.69) is 34.3 Å². The molecule has 6 nitrogen and oxygen atoms in total. The van der Waals surface area contributed by atoms with Crippen molar-refractivity contribution in [3.63, 3.8) is 0 Å². The highest BCUT2D eigenvalue weighted by molar-refractivity contribution is 5.78. The van der Waals surface area contributed by atoms with Gasteiger partial charge in [-0.1, -0.05) is 24.3 Å². The van der Waals surface area contributed by atoms with E-state index in [-0.39, 0.29) is 18.2 Å². The van der Waals surface area contributed by atoms with Crippen LogP contribution in [0.3, 0.4) is 0 Å². The van der Waals surface area contributed by atoms with E-state index >= 15 is 0 Å². The van der Waals surface area contributed by atoms with Crippen LogP contribution in [-0.4, -0.2) is 46.1 Å². The van der Waals surface area contributed by atoms with Crippen molar-refractivity contribution in [3.05, 3.63) is 71.2 Å². The second-order valence-corrected chi connectivity index (χ2v) is 7.44. The lowest BCUT2D eigenvalue weighted by molar-refractivity contribution is -0.141. The highest BCUT2D eigenvalue weighted by Gasteiger charge is 2.06. The van der Waals surface area contributed by atoms with Crippen LogP contribution in [0, 0.1) is 5.82 Å². The fourth-order valence-electron chi connectivity index (χ4n) is 3.24. The average Bonchev–Trinajstić information content (AvgIpc) is 3.22. The Balaban J connectivity index is 1.31. The fraction of sp³-hybridized carbons (Fsp3) is 0.400. The monoisotopic (exact) mass is 443 g/mol. The van der Waals surface area contributed by atoms with E-state index in [1.807, 2.05) is 12.1 Å². The van der Waals surface area contributed by atoms with Gasteiger partial charge in [0, 0.05) is 24.9 Å². The fourth-order valence-corrected chi connectivity index (χ4v) is 3.24. The van der Waals surface area contributed by atoms with Gasteiger partial charge in [-0.2, -0.15) is 0 Å². The predicted octanol–water partition coefficient (Wildman–Crippen LogP) is 4.04. The van der Waals surface area contributed by atoms with Crippen molar-refractivity contribution in [2.75, 3.05) is 40.1 Å². The van der Waals surface area contributed by atoms with E-state index in [0.717, 1.165) is 53.8 Å². The summed E-state index contributed by atoms with van der Waals surface area (Å²) in [5, 5.41) is 4.43. The van der Waals surface area contributed by atoms with Crippen LogP contribution in [0.25, 0.3) is 11.0 Å². The Morgan fingerprint density at radius 1 is 0.938 bits per heavy atom. The van der Waals surface area contributed by atoms with Gasteiger partial charge in [-0.25, -0.2) is 4.39 Å². The molecule has 1 heterocycles. The number of benzene rings is 2. The number of carbonyl (C=O) groups excluding carboxylic acids is 1. The second kappa shape index (κ2) is 13.0. The van der Waals surface area contributed by atoms with Gasteiger partial charge in [0.1, 0.15) is 17.2 Å². The molecule has 0 aliphatic heterocycles. The molecule has 3 rings (SSSR count). The molecule has 7 heteroatoms. The van der Waals surface area contributed by atoms with E-state index in [1.165, 1.54) is 19.2 Å². The van der Waals surface area contributed by atoms with Gasteiger partial charge in [-0.05, 0) is 41.8 Å². The minimum absolute atomic E-state index is 0.216. The summed E-state index contributed by atoms with van der Waals surface area (Å²) in [7, 11) is 1.36. The molecule has 0 atom stereocenters. The molecule has 0 unspecified atom stereocenters. The maximum atomic E-state index is 13.0. The van der Waals surface area contributed by atoms with Gasteiger partial charge in [-0.15, -0.1) is 0 Å². The number of carbonyl (C=O) groups is 1. The Bertz CT molecular complexity index is 970. The van der Waals surface area contributed by atoms with Crippen molar-refractivity contribution in [2.45, 2.75) is 25.8 Å². The van der Waals surface area contributed by atoms with Gasteiger partial charge < -0.3 is 23.9 Å². The van der Waals surface area contributed by atoms with Gasteiger partial charge in [0.2, 0.25) is 0 Å². The molecule has 0 amide bonds. The molecule has 32 heavy (non-hydrogen) atoms. The minimum Gasteiger partial charge on any atom is -0.469 e. The van der Waals surface area contributed by atoms with Crippen LogP contribution in [0.5, 0.6) is 0 Å². The summed E-state index contributed by atoms with van der Waals surface area (Å²) in [6, 6.07) is 14.9. The standard InChI is InChI=1S/C25H30FNO5/c1-29-25(28)10-12-30-14-15-31-13-11-27-18-20-2-6-21-17-23(32-24(21)16-20)9-5-19-3-7-22(26)8-4-19/h2-4,6-8,16-17,27H,5,9-15,18H2,1H3. The quantitative estimate of drug-likeness (QED) is 0.300. The Morgan fingerprint density at radius 2 is 1.69 bits per heavy atom. The second-order valence-electron chi connectivity index (χ2n) is 7.44. The Hall–Kier alpha value is -2.74. The third-order valence-corrected chi connectivity index (χ3v) is 5.01. The predicted molar refractivity (Wildman–Crippen MR) is 120 cm³/mol. The van der Waals surface area contributed by atoms with E-state index in [9.17, 15) is 9.18 Å². The van der Waals surface area contributed by atoms with E-state index in [4.69, 9.17) is 13.9 Å². The molecule has 0 bridgehead atoms. The first-order chi connectivity index (χ1) is 15.6. The Morgan fingerprint density at radius 3 is 2.47 bits per heavy atom. The number of methoxy groups -OCH3 is 1. The molecule has 0 spiro atoms. The summed E-state index contributed by atoms with van der Waals surface area (Å²) >= 11 is 0. The first kappa shape index (κ1) is 23.9. The summed E-state index contributed by atoms with van der Waals surface area (Å²) in [4.78, 5) is 10.9. The van der Waals surface area contributed by atoms with Gasteiger partial charge >= 0.3 is 5.97 Å². The van der Waals surface area contributed by atoms with E-state index in [0.29, 0.717) is 26.4 Å². The summed E-state index contributed by atoms with van der Waals surface area (Å²) in [6.07, 6.45) is 1.84. The van der Waals surface area contributed by atoms with Crippen molar-refractivity contribution < 1.29 is 27.8 Å². The largest absolute Gasteiger partial charge is 0.469 e. The third-order valence-electron chi connectivity index (χ3n) is 5.01. The zero-order valence-electron chi connectivity index (χ0n) is 18.4. The molecule has 1 N–H and O–H groups in total.